The van der Waals surface area contributed by atoms with Crippen LogP contribution in [0.25, 0.3) is 0 Å². The third-order valence-electron chi connectivity index (χ3n) is 3.16. The summed E-state index contributed by atoms with van der Waals surface area (Å²) >= 11 is 0. The maximum Gasteiger partial charge on any atom is 0.339 e. The predicted octanol–water partition coefficient (Wildman–Crippen LogP) is 2.52. The average Bonchev–Trinajstić information content (AvgIpc) is 2.51. The topological polar surface area (TPSA) is 89.9 Å². The van der Waals surface area contributed by atoms with Crippen LogP contribution in [0.5, 0.6) is 0 Å². The Morgan fingerprint density at radius 1 is 1.14 bits per heavy atom. The van der Waals surface area contributed by atoms with Gasteiger partial charge in [-0.05, 0) is 25.5 Å². The van der Waals surface area contributed by atoms with Gasteiger partial charge in [-0.3, -0.25) is 4.79 Å². The monoisotopic (exact) mass is 308 g/mol. The van der Waals surface area contributed by atoms with E-state index in [1.54, 1.807) is 19.9 Å². The van der Waals surface area contributed by atoms with Crippen molar-refractivity contribution in [1.82, 2.24) is 0 Å². The molecule has 2 atom stereocenters. The summed E-state index contributed by atoms with van der Waals surface area (Å²) in [6, 6.07) is 5.78. The van der Waals surface area contributed by atoms with Gasteiger partial charge in [-0.2, -0.15) is 0 Å². The molecule has 0 saturated heterocycles. The van der Waals surface area contributed by atoms with E-state index in [0.717, 1.165) is 0 Å². The Morgan fingerprint density at radius 2 is 1.73 bits per heavy atom. The normalized spacial score (nSPS) is 13.0. The Hall–Kier alpha value is -2.37. The van der Waals surface area contributed by atoms with E-state index < -0.39 is 18.0 Å². The highest BCUT2D eigenvalue weighted by Gasteiger charge is 2.20. The van der Waals surface area contributed by atoms with Gasteiger partial charge in [-0.1, -0.05) is 26.0 Å². The Balaban J connectivity index is 2.62. The van der Waals surface area contributed by atoms with Crippen LogP contribution in [0.1, 0.15) is 47.9 Å². The van der Waals surface area contributed by atoms with Gasteiger partial charge in [0, 0.05) is 0 Å². The van der Waals surface area contributed by atoms with E-state index in [1.807, 2.05) is 6.92 Å². The molecule has 0 heterocycles. The molecule has 0 aromatic heterocycles. The minimum absolute atomic E-state index is 0.0323. The molecule has 0 aliphatic heterocycles. The summed E-state index contributed by atoms with van der Waals surface area (Å²) in [7, 11) is 0. The first-order chi connectivity index (χ1) is 10.4. The average molecular weight is 308 g/mol. The maximum atomic E-state index is 12.0. The molecule has 6 heteroatoms. The van der Waals surface area contributed by atoms with Crippen molar-refractivity contribution < 1.29 is 29.0 Å². The van der Waals surface area contributed by atoms with Crippen molar-refractivity contribution >= 4 is 17.9 Å². The van der Waals surface area contributed by atoms with Gasteiger partial charge in [0.2, 0.25) is 0 Å². The predicted molar refractivity (Wildman–Crippen MR) is 78.7 cm³/mol. The van der Waals surface area contributed by atoms with Crippen LogP contribution in [-0.4, -0.2) is 35.7 Å². The van der Waals surface area contributed by atoms with Gasteiger partial charge in [0.25, 0.3) is 0 Å². The lowest BCUT2D eigenvalue weighted by Gasteiger charge is -2.15. The molecular weight excluding hydrogens is 288 g/mol. The van der Waals surface area contributed by atoms with Gasteiger partial charge in [0.05, 0.1) is 17.0 Å². The van der Waals surface area contributed by atoms with E-state index >= 15 is 0 Å². The number of hydrogen-bond donors (Lipinski definition) is 1. The molecule has 0 radical (unpaired) electrons. The summed E-state index contributed by atoms with van der Waals surface area (Å²) in [6.45, 7) is 5.13. The molecule has 2 unspecified atom stereocenters. The molecular formula is C16H20O6. The van der Waals surface area contributed by atoms with Gasteiger partial charge in [-0.25, -0.2) is 9.59 Å². The van der Waals surface area contributed by atoms with E-state index in [0.29, 0.717) is 6.42 Å². The van der Waals surface area contributed by atoms with Crippen LogP contribution in [0.2, 0.25) is 0 Å². The molecule has 22 heavy (non-hydrogen) atoms. The zero-order chi connectivity index (χ0) is 16.7. The van der Waals surface area contributed by atoms with E-state index in [4.69, 9.17) is 14.6 Å². The SMILES string of the molecule is CCC(C)C(=O)OCC(C)OC(=O)c1ccccc1C(=O)O. The molecule has 0 aliphatic carbocycles. The van der Waals surface area contributed by atoms with E-state index in [2.05, 4.69) is 0 Å². The number of carboxylic acids is 1. The molecule has 1 rings (SSSR count). The summed E-state index contributed by atoms with van der Waals surface area (Å²) < 4.78 is 10.1. The van der Waals surface area contributed by atoms with Crippen molar-refractivity contribution in [2.45, 2.75) is 33.3 Å². The van der Waals surface area contributed by atoms with Crippen molar-refractivity contribution in [2.24, 2.45) is 5.92 Å². The second-order valence-electron chi connectivity index (χ2n) is 5.01. The van der Waals surface area contributed by atoms with Gasteiger partial charge < -0.3 is 14.6 Å². The second-order valence-corrected chi connectivity index (χ2v) is 5.01. The molecule has 0 bridgehead atoms. The molecule has 120 valence electrons. The van der Waals surface area contributed by atoms with Crippen molar-refractivity contribution in [2.75, 3.05) is 6.61 Å². The quantitative estimate of drug-likeness (QED) is 0.778. The zero-order valence-corrected chi connectivity index (χ0v) is 12.9. The maximum absolute atomic E-state index is 12.0. The number of aromatic carboxylic acids is 1. The number of carbonyl (C=O) groups excluding carboxylic acids is 2. The van der Waals surface area contributed by atoms with Crippen molar-refractivity contribution in [3.05, 3.63) is 35.4 Å². The highest BCUT2D eigenvalue weighted by atomic mass is 16.6. The number of hydrogen-bond acceptors (Lipinski definition) is 5. The zero-order valence-electron chi connectivity index (χ0n) is 12.9. The first-order valence-electron chi connectivity index (χ1n) is 7.06. The summed E-state index contributed by atoms with van der Waals surface area (Å²) in [4.78, 5) is 34.6. The summed E-state index contributed by atoms with van der Waals surface area (Å²) in [6.07, 6.45) is 0.00118. The fraction of sp³-hybridized carbons (Fsp3) is 0.438. The molecule has 1 aromatic carbocycles. The largest absolute Gasteiger partial charge is 0.478 e. The lowest BCUT2D eigenvalue weighted by molar-refractivity contribution is -0.150. The van der Waals surface area contributed by atoms with E-state index in [9.17, 15) is 14.4 Å². The van der Waals surface area contributed by atoms with Crippen LogP contribution in [-0.2, 0) is 14.3 Å². The lowest BCUT2D eigenvalue weighted by atomic mass is 10.1. The first-order valence-corrected chi connectivity index (χ1v) is 7.06. The van der Waals surface area contributed by atoms with Gasteiger partial charge >= 0.3 is 17.9 Å². The number of carboxylic acid groups (broad SMARTS) is 1. The number of esters is 2. The van der Waals surface area contributed by atoms with E-state index in [-0.39, 0.29) is 29.6 Å². The Bertz CT molecular complexity index is 551. The smallest absolute Gasteiger partial charge is 0.339 e. The van der Waals surface area contributed by atoms with Crippen LogP contribution in [0.3, 0.4) is 0 Å². The third-order valence-corrected chi connectivity index (χ3v) is 3.16. The molecule has 6 nitrogen and oxygen atoms in total. The van der Waals surface area contributed by atoms with Gasteiger partial charge in [-0.15, -0.1) is 0 Å². The van der Waals surface area contributed by atoms with Crippen LogP contribution >= 0.6 is 0 Å². The third kappa shape index (κ3) is 4.87. The molecule has 1 aromatic rings. The minimum Gasteiger partial charge on any atom is -0.478 e. The van der Waals surface area contributed by atoms with Crippen LogP contribution in [0.4, 0.5) is 0 Å². The standard InChI is InChI=1S/C16H20O6/c1-4-10(2)15(19)21-9-11(3)22-16(20)13-8-6-5-7-12(13)14(17)18/h5-8,10-11H,4,9H2,1-3H3,(H,17,18). The van der Waals surface area contributed by atoms with Crippen LogP contribution in [0, 0.1) is 5.92 Å². The Labute approximate surface area is 129 Å². The van der Waals surface area contributed by atoms with Crippen molar-refractivity contribution in [3.8, 4) is 0 Å². The number of ether oxygens (including phenoxy) is 2. The highest BCUT2D eigenvalue weighted by molar-refractivity contribution is 6.02. The second kappa shape index (κ2) is 8.17. The van der Waals surface area contributed by atoms with Crippen molar-refractivity contribution in [3.63, 3.8) is 0 Å². The molecule has 0 fully saturated rings. The number of benzene rings is 1. The Morgan fingerprint density at radius 3 is 2.27 bits per heavy atom. The van der Waals surface area contributed by atoms with Crippen molar-refractivity contribution in [1.29, 1.82) is 0 Å². The molecule has 0 amide bonds. The fourth-order valence-corrected chi connectivity index (χ4v) is 1.64. The summed E-state index contributed by atoms with van der Waals surface area (Å²) in [5.74, 6) is -2.53. The minimum atomic E-state index is -1.21. The molecule has 1 N–H and O–H groups in total. The molecule has 0 aliphatic rings. The summed E-state index contributed by atoms with van der Waals surface area (Å²) in [5.41, 5.74) is -0.161. The molecule has 0 saturated carbocycles. The molecule has 0 spiro atoms. The highest BCUT2D eigenvalue weighted by Crippen LogP contribution is 2.12. The van der Waals surface area contributed by atoms with Gasteiger partial charge in [0.15, 0.2) is 0 Å². The number of rotatable bonds is 7. The lowest BCUT2D eigenvalue weighted by Crippen LogP contribution is -2.25. The fourth-order valence-electron chi connectivity index (χ4n) is 1.64. The Kier molecular flexibility index (Phi) is 6.56. The number of carbonyl (C=O) groups is 3. The van der Waals surface area contributed by atoms with Gasteiger partial charge in [0.1, 0.15) is 12.7 Å². The van der Waals surface area contributed by atoms with Crippen LogP contribution in [0.15, 0.2) is 24.3 Å². The summed E-state index contributed by atoms with van der Waals surface area (Å²) in [5, 5.41) is 9.04. The van der Waals surface area contributed by atoms with E-state index in [1.165, 1.54) is 18.2 Å². The first kappa shape index (κ1) is 17.7. The van der Waals surface area contributed by atoms with Crippen LogP contribution < -0.4 is 0 Å².